The topological polar surface area (TPSA) is 58.5 Å². The van der Waals surface area contributed by atoms with Gasteiger partial charge < -0.3 is 9.84 Å². The normalized spacial score (nSPS) is 19.9. The summed E-state index contributed by atoms with van der Waals surface area (Å²) >= 11 is 0. The molecule has 2 aromatic carbocycles. The van der Waals surface area contributed by atoms with E-state index < -0.39 is 6.10 Å². The van der Waals surface area contributed by atoms with Gasteiger partial charge in [0.2, 0.25) is 0 Å². The van der Waals surface area contributed by atoms with Crippen molar-refractivity contribution in [1.82, 2.24) is 14.9 Å². The zero-order valence-electron chi connectivity index (χ0n) is 17.0. The summed E-state index contributed by atoms with van der Waals surface area (Å²) in [6, 6.07) is 16.3. The number of β-amino-alcohol motifs (C(OH)–C–C–N with tert-alkyl or cyclic N) is 1. The number of benzene rings is 2. The van der Waals surface area contributed by atoms with Gasteiger partial charge in [-0.05, 0) is 42.7 Å². The van der Waals surface area contributed by atoms with Crippen LogP contribution in [0.2, 0.25) is 0 Å². The summed E-state index contributed by atoms with van der Waals surface area (Å²) < 4.78 is 6.25. The van der Waals surface area contributed by atoms with Crippen molar-refractivity contribution in [3.05, 3.63) is 78.2 Å². The standard InChI is InChI=1S/C25H25N3O2/c1-17-7-8-19(21-5-3-11-27-25(17)21)15-28-13-10-24(22(29)16-28)30-23-6-2-4-18-14-26-12-9-20(18)23/h2-9,11-12,14,22,24,29H,10,13,15-16H2,1H3/t22-,24-/m1/s1. The Kier molecular flexibility index (Phi) is 5.07. The third kappa shape index (κ3) is 3.62. The Balaban J connectivity index is 1.30. The number of fused-ring (bicyclic) bond motifs is 2. The molecule has 0 radical (unpaired) electrons. The SMILES string of the molecule is Cc1ccc(CN2CC[C@@H](Oc3cccc4cnccc34)[C@H](O)C2)c2cccnc12. The number of hydrogen-bond donors (Lipinski definition) is 1. The second-order valence-electron chi connectivity index (χ2n) is 8.04. The second kappa shape index (κ2) is 8.01. The van der Waals surface area contributed by atoms with Gasteiger partial charge in [0.05, 0.1) is 5.52 Å². The molecule has 152 valence electrons. The van der Waals surface area contributed by atoms with Crippen molar-refractivity contribution in [2.75, 3.05) is 13.1 Å². The van der Waals surface area contributed by atoms with Crippen molar-refractivity contribution in [2.45, 2.75) is 32.1 Å². The molecule has 30 heavy (non-hydrogen) atoms. The molecule has 1 saturated heterocycles. The largest absolute Gasteiger partial charge is 0.487 e. The molecule has 1 aliphatic heterocycles. The lowest BCUT2D eigenvalue weighted by Crippen LogP contribution is -2.48. The van der Waals surface area contributed by atoms with Gasteiger partial charge in [0, 0.05) is 54.4 Å². The highest BCUT2D eigenvalue weighted by molar-refractivity contribution is 5.87. The second-order valence-corrected chi connectivity index (χ2v) is 8.04. The van der Waals surface area contributed by atoms with Gasteiger partial charge in [-0.1, -0.05) is 30.3 Å². The summed E-state index contributed by atoms with van der Waals surface area (Å²) in [5.74, 6) is 0.808. The highest BCUT2D eigenvalue weighted by atomic mass is 16.5. The van der Waals surface area contributed by atoms with E-state index in [0.29, 0.717) is 6.54 Å². The Hall–Kier alpha value is -3.02. The van der Waals surface area contributed by atoms with Crippen LogP contribution in [0.3, 0.4) is 0 Å². The monoisotopic (exact) mass is 399 g/mol. The first kappa shape index (κ1) is 19.0. The molecule has 4 aromatic rings. The summed E-state index contributed by atoms with van der Waals surface area (Å²) in [4.78, 5) is 11.0. The molecular formula is C25H25N3O2. The number of nitrogens with zero attached hydrogens (tertiary/aromatic N) is 3. The highest BCUT2D eigenvalue weighted by Gasteiger charge is 2.30. The van der Waals surface area contributed by atoms with Gasteiger partial charge in [-0.25, -0.2) is 0 Å². The molecule has 5 heteroatoms. The molecule has 0 unspecified atom stereocenters. The Bertz CT molecular complexity index is 1190. The van der Waals surface area contributed by atoms with Gasteiger partial charge in [-0.3, -0.25) is 14.9 Å². The molecular weight excluding hydrogens is 374 g/mol. The van der Waals surface area contributed by atoms with Crippen LogP contribution in [-0.4, -0.2) is 45.3 Å². The van der Waals surface area contributed by atoms with E-state index in [0.717, 1.165) is 41.5 Å². The zero-order valence-corrected chi connectivity index (χ0v) is 17.0. The average molecular weight is 399 g/mol. The first-order valence-corrected chi connectivity index (χ1v) is 10.4. The molecule has 1 fully saturated rings. The maximum Gasteiger partial charge on any atom is 0.127 e. The van der Waals surface area contributed by atoms with Gasteiger partial charge in [-0.15, -0.1) is 0 Å². The van der Waals surface area contributed by atoms with E-state index in [1.54, 1.807) is 6.20 Å². The van der Waals surface area contributed by atoms with E-state index in [-0.39, 0.29) is 6.10 Å². The van der Waals surface area contributed by atoms with Crippen molar-refractivity contribution >= 4 is 21.7 Å². The minimum atomic E-state index is -0.536. The van der Waals surface area contributed by atoms with Gasteiger partial charge in [0.1, 0.15) is 18.0 Å². The first-order chi connectivity index (χ1) is 14.7. The Labute approximate surface area is 176 Å². The van der Waals surface area contributed by atoms with Gasteiger partial charge >= 0.3 is 0 Å². The van der Waals surface area contributed by atoms with Crippen molar-refractivity contribution in [3.63, 3.8) is 0 Å². The number of likely N-dealkylation sites (tertiary alicyclic amines) is 1. The van der Waals surface area contributed by atoms with Crippen LogP contribution in [0.15, 0.2) is 67.1 Å². The van der Waals surface area contributed by atoms with Crippen LogP contribution in [0.4, 0.5) is 0 Å². The van der Waals surface area contributed by atoms with Gasteiger partial charge in [-0.2, -0.15) is 0 Å². The number of aliphatic hydroxyl groups is 1. The quantitative estimate of drug-likeness (QED) is 0.560. The van der Waals surface area contributed by atoms with Crippen molar-refractivity contribution < 1.29 is 9.84 Å². The number of pyridine rings is 2. The van der Waals surface area contributed by atoms with Crippen molar-refractivity contribution in [2.24, 2.45) is 0 Å². The van der Waals surface area contributed by atoms with E-state index in [1.165, 1.54) is 16.5 Å². The number of ether oxygens (including phenoxy) is 1. The van der Waals surface area contributed by atoms with E-state index in [1.807, 2.05) is 42.7 Å². The van der Waals surface area contributed by atoms with Crippen molar-refractivity contribution in [1.29, 1.82) is 0 Å². The smallest absolute Gasteiger partial charge is 0.127 e. The fourth-order valence-corrected chi connectivity index (χ4v) is 4.37. The summed E-state index contributed by atoms with van der Waals surface area (Å²) in [7, 11) is 0. The zero-order chi connectivity index (χ0) is 20.5. The van der Waals surface area contributed by atoms with Crippen LogP contribution in [0, 0.1) is 6.92 Å². The number of rotatable bonds is 4. The lowest BCUT2D eigenvalue weighted by atomic mass is 10.0. The van der Waals surface area contributed by atoms with E-state index >= 15 is 0 Å². The van der Waals surface area contributed by atoms with Crippen molar-refractivity contribution in [3.8, 4) is 5.75 Å². The van der Waals surface area contributed by atoms with Crippen LogP contribution in [0.25, 0.3) is 21.7 Å². The lowest BCUT2D eigenvalue weighted by Gasteiger charge is -2.36. The molecule has 5 rings (SSSR count). The van der Waals surface area contributed by atoms with Crippen LogP contribution >= 0.6 is 0 Å². The van der Waals surface area contributed by atoms with E-state index in [9.17, 15) is 5.11 Å². The maximum atomic E-state index is 10.8. The summed E-state index contributed by atoms with van der Waals surface area (Å²) in [6.07, 6.45) is 5.48. The highest BCUT2D eigenvalue weighted by Crippen LogP contribution is 2.28. The minimum Gasteiger partial charge on any atom is -0.487 e. The predicted octanol–water partition coefficient (Wildman–Crippen LogP) is 4.11. The molecule has 0 bridgehead atoms. The Morgan fingerprint density at radius 2 is 2.00 bits per heavy atom. The molecule has 2 aromatic heterocycles. The fraction of sp³-hybridized carbons (Fsp3) is 0.280. The number of aromatic nitrogens is 2. The predicted molar refractivity (Wildman–Crippen MR) is 119 cm³/mol. The minimum absolute atomic E-state index is 0.212. The van der Waals surface area contributed by atoms with E-state index in [2.05, 4.69) is 40.0 Å². The Morgan fingerprint density at radius 1 is 1.07 bits per heavy atom. The molecule has 2 atom stereocenters. The molecule has 0 aliphatic carbocycles. The van der Waals surface area contributed by atoms with Crippen LogP contribution in [0.5, 0.6) is 5.75 Å². The third-order valence-electron chi connectivity index (χ3n) is 5.98. The molecule has 1 aliphatic rings. The third-order valence-corrected chi connectivity index (χ3v) is 5.98. The summed E-state index contributed by atoms with van der Waals surface area (Å²) in [5, 5.41) is 14.1. The Morgan fingerprint density at radius 3 is 2.90 bits per heavy atom. The molecule has 5 nitrogen and oxygen atoms in total. The first-order valence-electron chi connectivity index (χ1n) is 10.4. The fourth-order valence-electron chi connectivity index (χ4n) is 4.37. The molecule has 3 heterocycles. The average Bonchev–Trinajstić information content (AvgIpc) is 2.78. The maximum absolute atomic E-state index is 10.8. The number of aryl methyl sites for hydroxylation is 1. The van der Waals surface area contributed by atoms with Gasteiger partial charge in [0.25, 0.3) is 0 Å². The number of hydrogen-bond acceptors (Lipinski definition) is 5. The molecule has 0 spiro atoms. The van der Waals surface area contributed by atoms with Gasteiger partial charge in [0.15, 0.2) is 0 Å². The van der Waals surface area contributed by atoms with E-state index in [4.69, 9.17) is 4.74 Å². The summed E-state index contributed by atoms with van der Waals surface area (Å²) in [5.41, 5.74) is 3.49. The van der Waals surface area contributed by atoms with Crippen LogP contribution in [-0.2, 0) is 6.54 Å². The lowest BCUT2D eigenvalue weighted by molar-refractivity contribution is -0.0267. The van der Waals surface area contributed by atoms with Crippen LogP contribution < -0.4 is 4.74 Å². The molecule has 0 amide bonds. The number of aliphatic hydroxyl groups excluding tert-OH is 1. The van der Waals surface area contributed by atoms with Crippen LogP contribution in [0.1, 0.15) is 17.5 Å². The molecule has 0 saturated carbocycles. The summed E-state index contributed by atoms with van der Waals surface area (Å²) in [6.45, 7) is 4.36. The molecule has 1 N–H and O–H groups in total. The number of piperidine rings is 1.